The van der Waals surface area contributed by atoms with Crippen LogP contribution in [0.1, 0.15) is 30.9 Å². The lowest BCUT2D eigenvalue weighted by molar-refractivity contribution is -0.137. The van der Waals surface area contributed by atoms with E-state index in [1.165, 1.54) is 6.33 Å². The third kappa shape index (κ3) is 3.66. The largest absolute Gasteiger partial charge is 0.481 e. The van der Waals surface area contributed by atoms with Gasteiger partial charge in [-0.05, 0) is 12.8 Å². The van der Waals surface area contributed by atoms with Crippen molar-refractivity contribution in [3.05, 3.63) is 18.1 Å². The Morgan fingerprint density at radius 3 is 3.17 bits per heavy atom. The summed E-state index contributed by atoms with van der Waals surface area (Å²) in [4.78, 5) is 18.7. The molecule has 2 rings (SSSR count). The molecule has 0 amide bonds. The molecule has 98 valence electrons. The van der Waals surface area contributed by atoms with Crippen molar-refractivity contribution < 1.29 is 14.6 Å². The Kier molecular flexibility index (Phi) is 4.46. The highest BCUT2D eigenvalue weighted by molar-refractivity contribution is 5.66. The van der Waals surface area contributed by atoms with Crippen molar-refractivity contribution in [1.29, 1.82) is 0 Å². The van der Waals surface area contributed by atoms with E-state index in [1.807, 2.05) is 6.07 Å². The third-order valence-electron chi connectivity index (χ3n) is 2.91. The molecule has 0 aliphatic carbocycles. The van der Waals surface area contributed by atoms with Gasteiger partial charge in [-0.25, -0.2) is 9.97 Å². The summed E-state index contributed by atoms with van der Waals surface area (Å²) < 4.78 is 5.33. The van der Waals surface area contributed by atoms with Crippen molar-refractivity contribution in [2.45, 2.75) is 25.2 Å². The van der Waals surface area contributed by atoms with Gasteiger partial charge >= 0.3 is 5.97 Å². The number of nitrogens with one attached hydrogen (secondary N) is 1. The number of nitrogens with zero attached hydrogens (tertiary/aromatic N) is 2. The highest BCUT2D eigenvalue weighted by Crippen LogP contribution is 2.24. The Morgan fingerprint density at radius 1 is 1.56 bits per heavy atom. The van der Waals surface area contributed by atoms with Crippen molar-refractivity contribution in [1.82, 2.24) is 9.97 Å². The first-order valence-electron chi connectivity index (χ1n) is 6.11. The monoisotopic (exact) mass is 251 g/mol. The van der Waals surface area contributed by atoms with Crippen LogP contribution >= 0.6 is 0 Å². The maximum Gasteiger partial charge on any atom is 0.303 e. The minimum atomic E-state index is -0.775. The molecule has 1 atom stereocenters. The molecule has 0 bridgehead atoms. The van der Waals surface area contributed by atoms with E-state index in [0.29, 0.717) is 18.9 Å². The summed E-state index contributed by atoms with van der Waals surface area (Å²) in [5, 5.41) is 11.6. The molecule has 2 heterocycles. The number of carboxylic acid groups (broad SMARTS) is 1. The third-order valence-corrected chi connectivity index (χ3v) is 2.91. The minimum Gasteiger partial charge on any atom is -0.481 e. The van der Waals surface area contributed by atoms with E-state index in [0.717, 1.165) is 31.1 Å². The van der Waals surface area contributed by atoms with Gasteiger partial charge in [0, 0.05) is 31.6 Å². The molecule has 0 saturated carbocycles. The normalized spacial score (nSPS) is 18.8. The molecule has 18 heavy (non-hydrogen) atoms. The topological polar surface area (TPSA) is 84.3 Å². The first-order chi connectivity index (χ1) is 8.75. The van der Waals surface area contributed by atoms with Gasteiger partial charge in [-0.3, -0.25) is 4.79 Å². The average molecular weight is 251 g/mol. The summed E-state index contributed by atoms with van der Waals surface area (Å²) in [6, 6.07) is 1.92. The second-order valence-electron chi connectivity index (χ2n) is 4.31. The first kappa shape index (κ1) is 12.8. The summed E-state index contributed by atoms with van der Waals surface area (Å²) in [7, 11) is 0. The van der Waals surface area contributed by atoms with E-state index in [-0.39, 0.29) is 6.42 Å². The number of hydrogen-bond donors (Lipinski definition) is 2. The van der Waals surface area contributed by atoms with E-state index in [9.17, 15) is 4.79 Å². The van der Waals surface area contributed by atoms with Crippen LogP contribution in [-0.4, -0.2) is 40.8 Å². The lowest BCUT2D eigenvalue weighted by Crippen LogP contribution is -2.08. The molecule has 0 aromatic carbocycles. The van der Waals surface area contributed by atoms with E-state index in [2.05, 4.69) is 15.3 Å². The lowest BCUT2D eigenvalue weighted by atomic mass is 10.1. The van der Waals surface area contributed by atoms with Gasteiger partial charge in [0.25, 0.3) is 0 Å². The number of aliphatic carboxylic acids is 1. The van der Waals surface area contributed by atoms with Crippen LogP contribution in [0.2, 0.25) is 0 Å². The molecule has 1 aromatic heterocycles. The smallest absolute Gasteiger partial charge is 0.303 e. The number of carboxylic acids is 1. The zero-order chi connectivity index (χ0) is 12.8. The van der Waals surface area contributed by atoms with E-state index in [1.54, 1.807) is 0 Å². The summed E-state index contributed by atoms with van der Waals surface area (Å²) in [5.74, 6) is 0.327. The molecule has 1 fully saturated rings. The zero-order valence-corrected chi connectivity index (χ0v) is 10.1. The summed E-state index contributed by atoms with van der Waals surface area (Å²) >= 11 is 0. The number of ether oxygens (including phenoxy) is 1. The fraction of sp³-hybridized carbons (Fsp3) is 0.583. The molecule has 1 aliphatic heterocycles. The maximum absolute atomic E-state index is 10.4. The van der Waals surface area contributed by atoms with Crippen LogP contribution in [0.4, 0.5) is 5.82 Å². The number of anilines is 1. The Bertz CT molecular complexity index is 405. The molecule has 6 heteroatoms. The van der Waals surface area contributed by atoms with Crippen LogP contribution in [0.5, 0.6) is 0 Å². The van der Waals surface area contributed by atoms with Crippen LogP contribution in [0.15, 0.2) is 12.4 Å². The van der Waals surface area contributed by atoms with Crippen molar-refractivity contribution in [3.63, 3.8) is 0 Å². The molecular formula is C12H17N3O3. The predicted molar refractivity (Wildman–Crippen MR) is 65.6 cm³/mol. The average Bonchev–Trinajstić information content (AvgIpc) is 2.89. The fourth-order valence-corrected chi connectivity index (χ4v) is 1.92. The van der Waals surface area contributed by atoms with Gasteiger partial charge in [-0.15, -0.1) is 0 Å². The molecule has 6 nitrogen and oxygen atoms in total. The number of hydrogen-bond acceptors (Lipinski definition) is 5. The fourth-order valence-electron chi connectivity index (χ4n) is 1.92. The van der Waals surface area contributed by atoms with Gasteiger partial charge < -0.3 is 15.2 Å². The second kappa shape index (κ2) is 6.30. The minimum absolute atomic E-state index is 0.168. The number of aromatic nitrogens is 2. The van der Waals surface area contributed by atoms with Gasteiger partial charge in [-0.2, -0.15) is 0 Å². The molecule has 1 saturated heterocycles. The van der Waals surface area contributed by atoms with Crippen molar-refractivity contribution in [2.24, 2.45) is 0 Å². The lowest BCUT2D eigenvalue weighted by Gasteiger charge is -2.09. The van der Waals surface area contributed by atoms with Crippen LogP contribution in [0, 0.1) is 0 Å². The van der Waals surface area contributed by atoms with Crippen LogP contribution in [0.3, 0.4) is 0 Å². The first-order valence-corrected chi connectivity index (χ1v) is 6.11. The van der Waals surface area contributed by atoms with Gasteiger partial charge in [-0.1, -0.05) is 0 Å². The van der Waals surface area contributed by atoms with Crippen molar-refractivity contribution >= 4 is 11.8 Å². The molecular weight excluding hydrogens is 234 g/mol. The molecule has 0 unspecified atom stereocenters. The SMILES string of the molecule is O=C(O)CCCNc1cc([C@H]2CCOC2)ncn1. The number of carbonyl (C=O) groups is 1. The van der Waals surface area contributed by atoms with Gasteiger partial charge in [0.15, 0.2) is 0 Å². The molecule has 0 radical (unpaired) electrons. The van der Waals surface area contributed by atoms with E-state index < -0.39 is 5.97 Å². The number of rotatable bonds is 6. The molecule has 1 aromatic rings. The molecule has 2 N–H and O–H groups in total. The quantitative estimate of drug-likeness (QED) is 0.740. The Hall–Kier alpha value is -1.69. The second-order valence-corrected chi connectivity index (χ2v) is 4.31. The summed E-state index contributed by atoms with van der Waals surface area (Å²) in [6.07, 6.45) is 3.28. The Morgan fingerprint density at radius 2 is 2.44 bits per heavy atom. The van der Waals surface area contributed by atoms with Crippen molar-refractivity contribution in [3.8, 4) is 0 Å². The Labute approximate surface area is 105 Å². The molecule has 0 spiro atoms. The van der Waals surface area contributed by atoms with Gasteiger partial charge in [0.1, 0.15) is 12.1 Å². The summed E-state index contributed by atoms with van der Waals surface area (Å²) in [6.45, 7) is 2.11. The van der Waals surface area contributed by atoms with Gasteiger partial charge in [0.2, 0.25) is 0 Å². The van der Waals surface area contributed by atoms with Gasteiger partial charge in [0.05, 0.1) is 12.3 Å². The highest BCUT2D eigenvalue weighted by atomic mass is 16.5. The van der Waals surface area contributed by atoms with Crippen LogP contribution < -0.4 is 5.32 Å². The van der Waals surface area contributed by atoms with E-state index in [4.69, 9.17) is 9.84 Å². The van der Waals surface area contributed by atoms with Crippen molar-refractivity contribution in [2.75, 3.05) is 25.1 Å². The molecule has 1 aliphatic rings. The van der Waals surface area contributed by atoms with Crippen LogP contribution in [0.25, 0.3) is 0 Å². The van der Waals surface area contributed by atoms with Crippen LogP contribution in [-0.2, 0) is 9.53 Å². The zero-order valence-electron chi connectivity index (χ0n) is 10.1. The highest BCUT2D eigenvalue weighted by Gasteiger charge is 2.19. The summed E-state index contributed by atoms with van der Waals surface area (Å²) in [5.41, 5.74) is 0.989. The Balaban J connectivity index is 1.85. The van der Waals surface area contributed by atoms with E-state index >= 15 is 0 Å². The predicted octanol–water partition coefficient (Wildman–Crippen LogP) is 1.26. The maximum atomic E-state index is 10.4. The standard InChI is InChI=1S/C12H17N3O3/c16-12(17)2-1-4-13-11-6-10(14-8-15-11)9-3-5-18-7-9/h6,8-9H,1-5,7H2,(H,16,17)(H,13,14,15)/t9-/m0/s1.